The van der Waals surface area contributed by atoms with Crippen LogP contribution in [-0.2, 0) is 34.8 Å². The van der Waals surface area contributed by atoms with Crippen LogP contribution in [0.3, 0.4) is 0 Å². The molecule has 2 N–H and O–H groups in total. The van der Waals surface area contributed by atoms with Crippen LogP contribution in [0.15, 0.2) is 0 Å². The summed E-state index contributed by atoms with van der Waals surface area (Å²) < 4.78 is 36.2. The lowest BCUT2D eigenvalue weighted by Gasteiger charge is -2.08. The molecule has 1 aliphatic rings. The lowest BCUT2D eigenvalue weighted by Crippen LogP contribution is -2.31. The first-order valence-electron chi connectivity index (χ1n) is 6.47. The molecule has 1 saturated heterocycles. The fourth-order valence-corrected chi connectivity index (χ4v) is 4.76. The van der Waals surface area contributed by atoms with Crippen molar-refractivity contribution in [3.05, 3.63) is 0 Å². The Labute approximate surface area is 164 Å². The number of hydrogen-bond acceptors (Lipinski definition) is 16. The highest BCUT2D eigenvalue weighted by Crippen LogP contribution is 2.39. The Morgan fingerprint density at radius 1 is 0.500 bits per heavy atom. The Hall–Kier alpha value is 1.70. The van der Waals surface area contributed by atoms with Crippen LogP contribution in [0.5, 0.6) is 0 Å². The molecule has 1 heterocycles. The van der Waals surface area contributed by atoms with E-state index < -0.39 is 0 Å². The molecule has 1 aliphatic heterocycles. The van der Waals surface area contributed by atoms with E-state index in [0.29, 0.717) is 52.9 Å². The molecule has 0 spiro atoms. The average molecular weight is 463 g/mol. The van der Waals surface area contributed by atoms with E-state index in [4.69, 9.17) is 34.8 Å². The molecule has 0 aromatic heterocycles. The maximum Gasteiger partial charge on any atom is 0.119 e. The summed E-state index contributed by atoms with van der Waals surface area (Å²) in [6, 6.07) is 0. The molecule has 0 atom stereocenters. The summed E-state index contributed by atoms with van der Waals surface area (Å²) in [7, 11) is 0. The Morgan fingerprint density at radius 2 is 1.04 bits per heavy atom. The van der Waals surface area contributed by atoms with Crippen molar-refractivity contribution < 1.29 is 34.8 Å². The van der Waals surface area contributed by atoms with Crippen molar-refractivity contribution in [3.63, 3.8) is 0 Å². The quantitative estimate of drug-likeness (QED) is 0.407. The van der Waals surface area contributed by atoms with Crippen molar-refractivity contribution in [2.75, 3.05) is 52.9 Å². The second-order valence-corrected chi connectivity index (χ2v) is 8.10. The summed E-state index contributed by atoms with van der Waals surface area (Å²) in [6.07, 6.45) is 0. The maximum absolute atomic E-state index is 5.34. The fourth-order valence-electron chi connectivity index (χ4n) is 0.986. The van der Waals surface area contributed by atoms with Gasteiger partial charge in [0.15, 0.2) is 0 Å². The summed E-state index contributed by atoms with van der Waals surface area (Å²) in [5.74, 6) is 0. The molecule has 16 heteroatoms. The average Bonchev–Trinajstić information content (AvgIpc) is 2.59. The third-order valence-electron chi connectivity index (χ3n) is 1.82. The third-order valence-corrected chi connectivity index (χ3v) is 6.28. The van der Waals surface area contributed by atoms with Crippen molar-refractivity contribution in [2.45, 2.75) is 0 Å². The van der Waals surface area contributed by atoms with E-state index >= 15 is 0 Å². The minimum absolute atomic E-state index is 0.354. The van der Waals surface area contributed by atoms with E-state index in [-0.39, 0.29) is 0 Å². The zero-order valence-electron chi connectivity index (χ0n) is 12.4. The topological polar surface area (TPSA) is 97.9 Å². The van der Waals surface area contributed by atoms with Gasteiger partial charge in [-0.15, -0.1) is 5.59 Å². The second kappa shape index (κ2) is 21.0. The smallest absolute Gasteiger partial charge is 0.119 e. The number of ether oxygens (including phenoxy) is 3. The van der Waals surface area contributed by atoms with Gasteiger partial charge in [0.2, 0.25) is 0 Å². The zero-order valence-corrected chi connectivity index (χ0v) is 17.3. The van der Waals surface area contributed by atoms with Crippen LogP contribution in [0, 0.1) is 0 Å². The molecule has 0 unspecified atom stereocenters. The van der Waals surface area contributed by atoms with Crippen molar-refractivity contribution >= 4 is 66.4 Å². The predicted octanol–water partition coefficient (Wildman–Crippen LogP) is 2.69. The Balaban J connectivity index is 2.00. The highest BCUT2D eigenvalue weighted by Gasteiger charge is 1.99. The van der Waals surface area contributed by atoms with Gasteiger partial charge >= 0.3 is 0 Å². The monoisotopic (exact) mass is 462 g/mol. The van der Waals surface area contributed by atoms with E-state index in [9.17, 15) is 0 Å². The van der Waals surface area contributed by atoms with Gasteiger partial charge in [-0.25, -0.2) is 11.5 Å². The van der Waals surface area contributed by atoms with E-state index in [2.05, 4.69) is 11.2 Å². The van der Waals surface area contributed by atoms with Crippen molar-refractivity contribution in [1.29, 1.82) is 0 Å². The Bertz CT molecular complexity index is 155. The SMILES string of the molecule is C1COCCONNOSSOSSOSSOCCOCCO1. The first-order valence-corrected chi connectivity index (χ1v) is 12.5. The van der Waals surface area contributed by atoms with Gasteiger partial charge in [-0.3, -0.25) is 4.84 Å². The summed E-state index contributed by atoms with van der Waals surface area (Å²) in [4.78, 5) is 4.99. The molecule has 0 amide bonds. The lowest BCUT2D eigenvalue weighted by molar-refractivity contribution is -0.0744. The zero-order chi connectivity index (χ0) is 17.0. The maximum atomic E-state index is 5.34. The van der Waals surface area contributed by atoms with Gasteiger partial charge in [-0.05, 0) is 0 Å². The highest BCUT2D eigenvalue weighted by molar-refractivity contribution is 8.82. The van der Waals surface area contributed by atoms with Crippen LogP contribution in [0.1, 0.15) is 0 Å². The van der Waals surface area contributed by atoms with Gasteiger partial charge in [-0.1, -0.05) is 5.59 Å². The molecule has 24 heavy (non-hydrogen) atoms. The summed E-state index contributed by atoms with van der Waals surface area (Å²) in [5, 5.41) is 0. The molecule has 0 bridgehead atoms. The normalized spacial score (nSPS) is 24.0. The van der Waals surface area contributed by atoms with Crippen LogP contribution in [0.25, 0.3) is 0 Å². The van der Waals surface area contributed by atoms with Crippen LogP contribution >= 0.6 is 66.4 Å². The van der Waals surface area contributed by atoms with Crippen LogP contribution in [-0.4, -0.2) is 52.9 Å². The van der Waals surface area contributed by atoms with Crippen LogP contribution < -0.4 is 11.2 Å². The van der Waals surface area contributed by atoms with Gasteiger partial charge in [-0.2, -0.15) is 0 Å². The molecule has 1 fully saturated rings. The highest BCUT2D eigenvalue weighted by atomic mass is 33.2. The van der Waals surface area contributed by atoms with Crippen LogP contribution in [0.2, 0.25) is 0 Å². The van der Waals surface area contributed by atoms with Gasteiger partial charge in [0, 0.05) is 0 Å². The third kappa shape index (κ3) is 18.5. The largest absolute Gasteiger partial charge is 0.377 e. The number of hydrazine groups is 1. The summed E-state index contributed by atoms with van der Waals surface area (Å²) in [6.45, 7) is 3.75. The number of nitrogens with one attached hydrogen (secondary N) is 2. The minimum atomic E-state index is 0.354. The fraction of sp³-hybridized carbons (Fsp3) is 1.00. The predicted molar refractivity (Wildman–Crippen MR) is 99.4 cm³/mol. The number of hydrogen-bond donors (Lipinski definition) is 2. The molecular weight excluding hydrogens is 444 g/mol. The first-order chi connectivity index (χ1) is 12.0. The molecule has 0 aromatic carbocycles. The first kappa shape index (κ1) is 23.7. The minimum Gasteiger partial charge on any atom is -0.377 e. The Morgan fingerprint density at radius 3 is 1.75 bits per heavy atom. The van der Waals surface area contributed by atoms with Crippen molar-refractivity contribution in [1.82, 2.24) is 11.2 Å². The molecule has 1 rings (SSSR count). The molecule has 144 valence electrons. The van der Waals surface area contributed by atoms with Gasteiger partial charge in [0.25, 0.3) is 0 Å². The van der Waals surface area contributed by atoms with E-state index in [1.165, 1.54) is 0 Å². The molecule has 0 aromatic rings. The van der Waals surface area contributed by atoms with Crippen molar-refractivity contribution in [3.8, 4) is 0 Å². The van der Waals surface area contributed by atoms with E-state index in [1.54, 1.807) is 0 Å². The van der Waals surface area contributed by atoms with Gasteiger partial charge in [0.05, 0.1) is 63.9 Å². The van der Waals surface area contributed by atoms with Gasteiger partial charge in [0.1, 0.15) is 55.4 Å². The molecule has 10 nitrogen and oxygen atoms in total. The molecule has 0 radical (unpaired) electrons. The molecule has 0 saturated carbocycles. The number of rotatable bonds is 0. The summed E-state index contributed by atoms with van der Waals surface area (Å²) in [5.41, 5.74) is 4.75. The van der Waals surface area contributed by atoms with Gasteiger partial charge < -0.3 is 18.4 Å². The Kier molecular flexibility index (Phi) is 20.8. The summed E-state index contributed by atoms with van der Waals surface area (Å²) >= 11 is 6.28. The standard InChI is InChI=1S/C8H18N2O8S6/c1-3-12-5-7-14-9-10-16-20-22-18-24-23-17-21-19-15-8-6-13-4-2-11-1/h9-10H,1-8H2. The van der Waals surface area contributed by atoms with E-state index in [1.807, 2.05) is 0 Å². The van der Waals surface area contributed by atoms with Crippen LogP contribution in [0.4, 0.5) is 0 Å². The van der Waals surface area contributed by atoms with E-state index in [0.717, 1.165) is 66.4 Å². The second-order valence-electron chi connectivity index (χ2n) is 3.34. The van der Waals surface area contributed by atoms with Crippen molar-refractivity contribution in [2.24, 2.45) is 0 Å². The molecule has 0 aliphatic carbocycles. The molecular formula is C8H18N2O8S6. The lowest BCUT2D eigenvalue weighted by atomic mass is 10.7.